The Kier molecular flexibility index (Phi) is 7.47. The molecule has 0 fully saturated rings. The average molecular weight is 280 g/mol. The Morgan fingerprint density at radius 2 is 1.85 bits per heavy atom. The van der Waals surface area contributed by atoms with Gasteiger partial charge in [-0.05, 0) is 6.42 Å². The number of unbranched alkanes of at least 4 members (excludes halogenated alkanes) is 5. The quantitative estimate of drug-likeness (QED) is 0.392. The maximum absolute atomic E-state index is 10.8. The molecule has 112 valence electrons. The number of hydrogen-bond acceptors (Lipinski definition) is 4. The highest BCUT2D eigenvalue weighted by atomic mass is 16.6. The first-order valence-corrected chi connectivity index (χ1v) is 7.24. The van der Waals surface area contributed by atoms with Crippen LogP contribution >= 0.6 is 0 Å². The fourth-order valence-electron chi connectivity index (χ4n) is 2.05. The first-order chi connectivity index (χ1) is 9.67. The Morgan fingerprint density at radius 1 is 1.15 bits per heavy atom. The van der Waals surface area contributed by atoms with E-state index in [1.165, 1.54) is 45.3 Å². The highest BCUT2D eigenvalue weighted by Crippen LogP contribution is 2.25. The largest absolute Gasteiger partial charge is 0.496 e. The number of nitrogens with zero attached hydrogens (tertiary/aromatic N) is 1. The molecule has 0 aliphatic rings. The normalized spacial score (nSPS) is 10.3. The van der Waals surface area contributed by atoms with Crippen molar-refractivity contribution in [2.24, 2.45) is 0 Å². The summed E-state index contributed by atoms with van der Waals surface area (Å²) in [5.41, 5.74) is 0.791. The summed E-state index contributed by atoms with van der Waals surface area (Å²) < 4.78 is 5.07. The second-order valence-corrected chi connectivity index (χ2v) is 4.87. The van der Waals surface area contributed by atoms with Gasteiger partial charge in [0.1, 0.15) is 5.75 Å². The third-order valence-electron chi connectivity index (χ3n) is 3.20. The second kappa shape index (κ2) is 9.18. The molecule has 0 aliphatic heterocycles. The Balaban J connectivity index is 2.39. The summed E-state index contributed by atoms with van der Waals surface area (Å²) in [4.78, 5) is 10.4. The number of ether oxygens (including phenoxy) is 1. The van der Waals surface area contributed by atoms with Gasteiger partial charge in [0.05, 0.1) is 18.1 Å². The van der Waals surface area contributed by atoms with E-state index in [0.717, 1.165) is 18.7 Å². The zero-order valence-electron chi connectivity index (χ0n) is 12.4. The molecule has 0 saturated heterocycles. The summed E-state index contributed by atoms with van der Waals surface area (Å²) in [5, 5.41) is 14.0. The lowest BCUT2D eigenvalue weighted by Crippen LogP contribution is -2.02. The average Bonchev–Trinajstić information content (AvgIpc) is 2.46. The van der Waals surface area contributed by atoms with Crippen LogP contribution in [-0.2, 0) is 0 Å². The van der Waals surface area contributed by atoms with E-state index in [9.17, 15) is 10.1 Å². The van der Waals surface area contributed by atoms with Gasteiger partial charge in [0, 0.05) is 24.4 Å². The van der Waals surface area contributed by atoms with E-state index >= 15 is 0 Å². The molecule has 0 amide bonds. The molecule has 1 aromatic carbocycles. The van der Waals surface area contributed by atoms with E-state index in [2.05, 4.69) is 12.2 Å². The Bertz CT molecular complexity index is 422. The number of non-ortho nitro benzene ring substituents is 1. The SMILES string of the molecule is CCCCCCCCNc1cc(OC)cc([N+](=O)[O-])c1. The van der Waals surface area contributed by atoms with Gasteiger partial charge in [0.15, 0.2) is 0 Å². The molecule has 0 atom stereocenters. The lowest BCUT2D eigenvalue weighted by molar-refractivity contribution is -0.384. The van der Waals surface area contributed by atoms with Crippen molar-refractivity contribution in [3.8, 4) is 5.75 Å². The van der Waals surface area contributed by atoms with Crippen molar-refractivity contribution in [1.82, 2.24) is 0 Å². The lowest BCUT2D eigenvalue weighted by Gasteiger charge is -2.08. The topological polar surface area (TPSA) is 64.4 Å². The number of nitro benzene ring substituents is 1. The Labute approximate surface area is 120 Å². The van der Waals surface area contributed by atoms with Gasteiger partial charge in [-0.2, -0.15) is 0 Å². The smallest absolute Gasteiger partial charge is 0.275 e. The molecule has 5 heteroatoms. The number of hydrogen-bond donors (Lipinski definition) is 1. The van der Waals surface area contributed by atoms with Crippen LogP contribution in [-0.4, -0.2) is 18.6 Å². The maximum Gasteiger partial charge on any atom is 0.275 e. The lowest BCUT2D eigenvalue weighted by atomic mass is 10.1. The van der Waals surface area contributed by atoms with Crippen molar-refractivity contribution in [3.63, 3.8) is 0 Å². The van der Waals surface area contributed by atoms with E-state index in [-0.39, 0.29) is 5.69 Å². The number of nitrogens with one attached hydrogen (secondary N) is 1. The van der Waals surface area contributed by atoms with Gasteiger partial charge < -0.3 is 10.1 Å². The van der Waals surface area contributed by atoms with Crippen molar-refractivity contribution in [1.29, 1.82) is 0 Å². The molecule has 5 nitrogen and oxygen atoms in total. The minimum Gasteiger partial charge on any atom is -0.496 e. The summed E-state index contributed by atoms with van der Waals surface area (Å²) in [5.74, 6) is 0.504. The molecule has 0 radical (unpaired) electrons. The molecule has 0 heterocycles. The van der Waals surface area contributed by atoms with Gasteiger partial charge in [-0.3, -0.25) is 10.1 Å². The molecule has 0 aliphatic carbocycles. The molecular weight excluding hydrogens is 256 g/mol. The fraction of sp³-hybridized carbons (Fsp3) is 0.600. The molecule has 0 spiro atoms. The zero-order chi connectivity index (χ0) is 14.8. The monoisotopic (exact) mass is 280 g/mol. The predicted octanol–water partition coefficient (Wildman–Crippen LogP) is 4.38. The molecular formula is C15H24N2O3. The van der Waals surface area contributed by atoms with Crippen LogP contribution in [0.15, 0.2) is 18.2 Å². The minimum atomic E-state index is -0.404. The summed E-state index contributed by atoms with van der Waals surface area (Å²) in [6.07, 6.45) is 7.38. The summed E-state index contributed by atoms with van der Waals surface area (Å²) in [6.45, 7) is 3.04. The van der Waals surface area contributed by atoms with Crippen LogP contribution in [0.1, 0.15) is 45.4 Å². The third kappa shape index (κ3) is 5.91. The molecule has 0 aromatic heterocycles. The molecule has 0 unspecified atom stereocenters. The zero-order valence-corrected chi connectivity index (χ0v) is 12.4. The highest BCUT2D eigenvalue weighted by molar-refractivity contribution is 5.56. The minimum absolute atomic E-state index is 0.0507. The van der Waals surface area contributed by atoms with Crippen molar-refractivity contribution < 1.29 is 9.66 Å². The molecule has 0 saturated carbocycles. The van der Waals surface area contributed by atoms with Crippen LogP contribution in [0.3, 0.4) is 0 Å². The first-order valence-electron chi connectivity index (χ1n) is 7.24. The molecule has 20 heavy (non-hydrogen) atoms. The van der Waals surface area contributed by atoms with Crippen molar-refractivity contribution in [2.75, 3.05) is 19.0 Å². The van der Waals surface area contributed by atoms with Crippen LogP contribution < -0.4 is 10.1 Å². The van der Waals surface area contributed by atoms with Crippen molar-refractivity contribution >= 4 is 11.4 Å². The number of rotatable bonds is 10. The van der Waals surface area contributed by atoms with E-state index in [4.69, 9.17) is 4.74 Å². The molecule has 0 bridgehead atoms. The van der Waals surface area contributed by atoms with Crippen LogP contribution in [0.2, 0.25) is 0 Å². The van der Waals surface area contributed by atoms with Crippen molar-refractivity contribution in [3.05, 3.63) is 28.3 Å². The fourth-order valence-corrected chi connectivity index (χ4v) is 2.05. The van der Waals surface area contributed by atoms with E-state index in [1.54, 1.807) is 12.1 Å². The number of anilines is 1. The predicted molar refractivity (Wildman–Crippen MR) is 81.5 cm³/mol. The van der Waals surface area contributed by atoms with Gasteiger partial charge >= 0.3 is 0 Å². The van der Waals surface area contributed by atoms with Gasteiger partial charge in [-0.15, -0.1) is 0 Å². The summed E-state index contributed by atoms with van der Waals surface area (Å²) in [6, 6.07) is 4.75. The Morgan fingerprint density at radius 3 is 2.50 bits per heavy atom. The van der Waals surface area contributed by atoms with Crippen molar-refractivity contribution in [2.45, 2.75) is 45.4 Å². The van der Waals surface area contributed by atoms with Gasteiger partial charge in [-0.25, -0.2) is 0 Å². The second-order valence-electron chi connectivity index (χ2n) is 4.87. The number of nitro groups is 1. The van der Waals surface area contributed by atoms with Crippen LogP contribution in [0.5, 0.6) is 5.75 Å². The maximum atomic E-state index is 10.8. The van der Waals surface area contributed by atoms with Gasteiger partial charge in [0.2, 0.25) is 0 Å². The highest BCUT2D eigenvalue weighted by Gasteiger charge is 2.09. The third-order valence-corrected chi connectivity index (χ3v) is 3.20. The molecule has 1 aromatic rings. The van der Waals surface area contributed by atoms with E-state index in [1.807, 2.05) is 0 Å². The first kappa shape index (κ1) is 16.3. The van der Waals surface area contributed by atoms with Gasteiger partial charge in [-0.1, -0.05) is 39.0 Å². The summed E-state index contributed by atoms with van der Waals surface area (Å²) >= 11 is 0. The standard InChI is InChI=1S/C15H24N2O3/c1-3-4-5-6-7-8-9-16-13-10-14(17(18)19)12-15(11-13)20-2/h10-12,16H,3-9H2,1-2H3. The van der Waals surface area contributed by atoms with Crippen LogP contribution in [0.4, 0.5) is 11.4 Å². The number of benzene rings is 1. The summed E-state index contributed by atoms with van der Waals surface area (Å²) in [7, 11) is 1.51. The molecule has 1 N–H and O–H groups in total. The van der Waals surface area contributed by atoms with Gasteiger partial charge in [0.25, 0.3) is 5.69 Å². The van der Waals surface area contributed by atoms with E-state index in [0.29, 0.717) is 5.75 Å². The van der Waals surface area contributed by atoms with Crippen LogP contribution in [0, 0.1) is 10.1 Å². The Hall–Kier alpha value is -1.78. The number of methoxy groups -OCH3 is 1. The van der Waals surface area contributed by atoms with Crippen LogP contribution in [0.25, 0.3) is 0 Å². The molecule has 1 rings (SSSR count). The van der Waals surface area contributed by atoms with E-state index < -0.39 is 4.92 Å².